The van der Waals surface area contributed by atoms with Crippen LogP contribution in [0, 0.1) is 27.7 Å². The summed E-state index contributed by atoms with van der Waals surface area (Å²) in [5, 5.41) is 2.85. The Balaban J connectivity index is 1.44. The molecule has 2 aromatic carbocycles. The lowest BCUT2D eigenvalue weighted by Gasteiger charge is -2.33. The molecule has 174 valence electrons. The number of aromatic nitrogens is 1. The van der Waals surface area contributed by atoms with E-state index in [-0.39, 0.29) is 12.3 Å². The lowest BCUT2D eigenvalue weighted by atomic mass is 9.84. The lowest BCUT2D eigenvalue weighted by Crippen LogP contribution is -2.47. The van der Waals surface area contributed by atoms with Gasteiger partial charge in [-0.3, -0.25) is 14.5 Å². The van der Waals surface area contributed by atoms with Crippen LogP contribution in [0.4, 0.5) is 4.79 Å². The molecule has 0 saturated carbocycles. The molecule has 7 heteroatoms. The van der Waals surface area contributed by atoms with Crippen LogP contribution in [0.5, 0.6) is 5.75 Å². The molecule has 2 aliphatic rings. The zero-order valence-electron chi connectivity index (χ0n) is 19.8. The summed E-state index contributed by atoms with van der Waals surface area (Å²) in [6, 6.07) is 14.6. The predicted octanol–water partition coefficient (Wildman–Crippen LogP) is 4.12. The van der Waals surface area contributed by atoms with Crippen LogP contribution in [0.25, 0.3) is 5.69 Å². The lowest BCUT2D eigenvalue weighted by molar-refractivity contribution is -0.132. The van der Waals surface area contributed by atoms with E-state index in [9.17, 15) is 14.4 Å². The average Bonchev–Trinajstić information content (AvgIpc) is 3.24. The molecule has 1 unspecified atom stereocenters. The van der Waals surface area contributed by atoms with Gasteiger partial charge in [-0.15, -0.1) is 0 Å². The van der Waals surface area contributed by atoms with Gasteiger partial charge in [0.05, 0.1) is 13.2 Å². The molecule has 1 fully saturated rings. The number of nitrogens with one attached hydrogen (secondary N) is 1. The predicted molar refractivity (Wildman–Crippen MR) is 128 cm³/mol. The molecule has 3 amide bonds. The second-order valence-corrected chi connectivity index (χ2v) is 9.13. The van der Waals surface area contributed by atoms with Crippen molar-refractivity contribution in [2.75, 3.05) is 13.2 Å². The second kappa shape index (κ2) is 7.87. The summed E-state index contributed by atoms with van der Waals surface area (Å²) >= 11 is 0. The third-order valence-corrected chi connectivity index (χ3v) is 7.04. The Hall–Kier alpha value is -3.87. The maximum absolute atomic E-state index is 13.5. The third kappa shape index (κ3) is 3.22. The van der Waals surface area contributed by atoms with Crippen molar-refractivity contribution in [3.8, 4) is 11.4 Å². The average molecular weight is 458 g/mol. The van der Waals surface area contributed by atoms with Gasteiger partial charge in [0.1, 0.15) is 5.75 Å². The zero-order valence-corrected chi connectivity index (χ0v) is 19.8. The number of para-hydroxylation sites is 1. The minimum absolute atomic E-state index is 0.274. The number of hydrogen-bond acceptors (Lipinski definition) is 4. The fourth-order valence-corrected chi connectivity index (χ4v) is 5.05. The molecule has 1 saturated heterocycles. The molecule has 1 aromatic heterocycles. The first-order chi connectivity index (χ1) is 16.2. The Morgan fingerprint density at radius 1 is 1.03 bits per heavy atom. The highest BCUT2D eigenvalue weighted by molar-refractivity contribution is 6.12. The van der Waals surface area contributed by atoms with Crippen molar-refractivity contribution in [2.45, 2.75) is 39.7 Å². The molecule has 5 rings (SSSR count). The van der Waals surface area contributed by atoms with Gasteiger partial charge in [-0.2, -0.15) is 0 Å². The number of rotatable bonds is 4. The van der Waals surface area contributed by atoms with E-state index in [1.165, 1.54) is 11.1 Å². The molecule has 1 atom stereocenters. The number of ketones is 1. The summed E-state index contributed by atoms with van der Waals surface area (Å²) in [5.41, 5.74) is 4.98. The van der Waals surface area contributed by atoms with E-state index in [0.717, 1.165) is 22.0 Å². The normalized spacial score (nSPS) is 19.2. The van der Waals surface area contributed by atoms with Gasteiger partial charge < -0.3 is 14.6 Å². The Kier molecular flexibility index (Phi) is 5.08. The molecule has 0 aliphatic carbocycles. The highest BCUT2D eigenvalue weighted by Crippen LogP contribution is 2.41. The van der Waals surface area contributed by atoms with E-state index in [4.69, 9.17) is 4.74 Å². The van der Waals surface area contributed by atoms with Gasteiger partial charge in [0.25, 0.3) is 5.91 Å². The van der Waals surface area contributed by atoms with E-state index < -0.39 is 17.5 Å². The smallest absolute Gasteiger partial charge is 0.325 e. The van der Waals surface area contributed by atoms with Gasteiger partial charge in [-0.1, -0.05) is 24.3 Å². The molecule has 2 aliphatic heterocycles. The van der Waals surface area contributed by atoms with Crippen molar-refractivity contribution >= 4 is 17.7 Å². The largest absolute Gasteiger partial charge is 0.493 e. The Bertz CT molecular complexity index is 1360. The quantitative estimate of drug-likeness (QED) is 0.472. The maximum Gasteiger partial charge on any atom is 0.325 e. The van der Waals surface area contributed by atoms with E-state index >= 15 is 0 Å². The number of benzene rings is 2. The molecule has 7 nitrogen and oxygen atoms in total. The van der Waals surface area contributed by atoms with Gasteiger partial charge in [-0.05, 0) is 63.1 Å². The van der Waals surface area contributed by atoms with Crippen LogP contribution in [0.15, 0.2) is 48.5 Å². The molecular weight excluding hydrogens is 430 g/mol. The van der Waals surface area contributed by atoms with Crippen molar-refractivity contribution < 1.29 is 19.1 Å². The molecule has 0 bridgehead atoms. The Labute approximate surface area is 198 Å². The first kappa shape index (κ1) is 21.9. The summed E-state index contributed by atoms with van der Waals surface area (Å²) in [6.07, 6.45) is 0.320. The third-order valence-electron chi connectivity index (χ3n) is 7.04. The number of fused-ring (bicyclic) bond motifs is 2. The topological polar surface area (TPSA) is 80.6 Å². The number of imide groups is 1. The van der Waals surface area contributed by atoms with Crippen molar-refractivity contribution in [3.05, 3.63) is 82.2 Å². The fourth-order valence-electron chi connectivity index (χ4n) is 5.05. The number of amides is 3. The van der Waals surface area contributed by atoms with Crippen molar-refractivity contribution in [2.24, 2.45) is 0 Å². The zero-order chi connectivity index (χ0) is 24.2. The minimum Gasteiger partial charge on any atom is -0.493 e. The van der Waals surface area contributed by atoms with Gasteiger partial charge in [0, 0.05) is 34.6 Å². The molecule has 0 radical (unpaired) electrons. The standard InChI is InChI=1S/C27H27N3O4/c1-16-9-10-20(13-17(16)2)30-18(3)14-21(19(30)4)23(31)15-29-25(32)27(28-26(29)33)11-12-34-24-8-6-5-7-22(24)27/h5-10,13-14H,11-12,15H2,1-4H3,(H,28,33). The maximum atomic E-state index is 13.5. The number of Topliss-reactive ketones (excluding diaryl/α,β-unsaturated/α-hetero) is 1. The van der Waals surface area contributed by atoms with Crippen molar-refractivity contribution in [1.82, 2.24) is 14.8 Å². The monoisotopic (exact) mass is 457 g/mol. The highest BCUT2D eigenvalue weighted by Gasteiger charge is 2.55. The summed E-state index contributed by atoms with van der Waals surface area (Å²) in [4.78, 5) is 40.7. The Morgan fingerprint density at radius 3 is 2.56 bits per heavy atom. The molecule has 34 heavy (non-hydrogen) atoms. The molecule has 1 spiro atoms. The minimum atomic E-state index is -1.19. The SMILES string of the molecule is Cc1ccc(-n2c(C)cc(C(=O)CN3C(=O)NC4(CCOc5ccccc54)C3=O)c2C)cc1C. The van der Waals surface area contributed by atoms with Gasteiger partial charge in [0.15, 0.2) is 11.3 Å². The number of nitrogens with zero attached hydrogens (tertiary/aromatic N) is 2. The van der Waals surface area contributed by atoms with E-state index in [2.05, 4.69) is 31.3 Å². The summed E-state index contributed by atoms with van der Waals surface area (Å²) in [7, 11) is 0. The number of ether oxygens (including phenoxy) is 1. The molecule has 3 aromatic rings. The van der Waals surface area contributed by atoms with Crippen LogP contribution in [0.1, 0.15) is 44.9 Å². The van der Waals surface area contributed by atoms with Crippen molar-refractivity contribution in [3.63, 3.8) is 0 Å². The van der Waals surface area contributed by atoms with Crippen LogP contribution >= 0.6 is 0 Å². The van der Waals surface area contributed by atoms with Gasteiger partial charge in [-0.25, -0.2) is 4.79 Å². The van der Waals surface area contributed by atoms with Crippen molar-refractivity contribution in [1.29, 1.82) is 0 Å². The van der Waals surface area contributed by atoms with Crippen LogP contribution < -0.4 is 10.1 Å². The van der Waals surface area contributed by atoms with Crippen LogP contribution in [0.3, 0.4) is 0 Å². The molecular formula is C27H27N3O4. The first-order valence-electron chi connectivity index (χ1n) is 11.4. The number of carbonyl (C=O) groups excluding carboxylic acids is 3. The fraction of sp³-hybridized carbons (Fsp3) is 0.296. The summed E-state index contributed by atoms with van der Waals surface area (Å²) < 4.78 is 7.71. The second-order valence-electron chi connectivity index (χ2n) is 9.13. The number of urea groups is 1. The van der Waals surface area contributed by atoms with E-state index in [1.807, 2.05) is 42.7 Å². The van der Waals surface area contributed by atoms with Gasteiger partial charge >= 0.3 is 6.03 Å². The summed E-state index contributed by atoms with van der Waals surface area (Å²) in [6.45, 7) is 7.94. The summed E-state index contributed by atoms with van der Waals surface area (Å²) in [5.74, 6) is -0.110. The van der Waals surface area contributed by atoms with E-state index in [1.54, 1.807) is 12.1 Å². The number of hydrogen-bond donors (Lipinski definition) is 1. The van der Waals surface area contributed by atoms with Crippen LogP contribution in [-0.4, -0.2) is 40.3 Å². The molecule has 1 N–H and O–H groups in total. The number of aryl methyl sites for hydroxylation is 3. The van der Waals surface area contributed by atoms with Gasteiger partial charge in [0.2, 0.25) is 0 Å². The van der Waals surface area contributed by atoms with Crippen LogP contribution in [-0.2, 0) is 10.3 Å². The highest BCUT2D eigenvalue weighted by atomic mass is 16.5. The number of carbonyl (C=O) groups is 3. The Morgan fingerprint density at radius 2 is 1.79 bits per heavy atom. The molecule has 3 heterocycles. The van der Waals surface area contributed by atoms with E-state index in [0.29, 0.717) is 29.9 Å². The van der Waals surface area contributed by atoms with Crippen LogP contribution in [0.2, 0.25) is 0 Å². The first-order valence-corrected chi connectivity index (χ1v) is 11.4.